The molecule has 0 fully saturated rings. The summed E-state index contributed by atoms with van der Waals surface area (Å²) in [6.07, 6.45) is 2.78. The van der Waals surface area contributed by atoms with Gasteiger partial charge in [-0.2, -0.15) is 5.10 Å². The number of aliphatic hydroxyl groups is 1. The maximum atomic E-state index is 10.2. The average molecular weight is 379 g/mol. The van der Waals surface area contributed by atoms with Gasteiger partial charge >= 0.3 is 0 Å². The molecule has 0 saturated heterocycles. The van der Waals surface area contributed by atoms with E-state index in [4.69, 9.17) is 11.6 Å². The Bertz CT molecular complexity index is 890. The highest BCUT2D eigenvalue weighted by molar-refractivity contribution is 7.18. The van der Waals surface area contributed by atoms with Crippen molar-refractivity contribution >= 4 is 39.1 Å². The topological polar surface area (TPSA) is 87.4 Å². The molecule has 0 amide bonds. The first-order valence-electron chi connectivity index (χ1n) is 7.71. The van der Waals surface area contributed by atoms with Gasteiger partial charge in [0.05, 0.1) is 29.1 Å². The fourth-order valence-corrected chi connectivity index (χ4v) is 3.38. The first kappa shape index (κ1) is 17.7. The molecule has 1 atom stereocenters. The number of rotatable bonds is 5. The van der Waals surface area contributed by atoms with E-state index >= 15 is 0 Å². The van der Waals surface area contributed by atoms with Crippen molar-refractivity contribution in [3.05, 3.63) is 46.2 Å². The van der Waals surface area contributed by atoms with E-state index in [1.807, 2.05) is 25.2 Å². The Morgan fingerprint density at radius 1 is 1.44 bits per heavy atom. The molecule has 0 saturated carbocycles. The van der Waals surface area contributed by atoms with Gasteiger partial charge in [0, 0.05) is 37.4 Å². The van der Waals surface area contributed by atoms with Gasteiger partial charge in [0.2, 0.25) is 0 Å². The zero-order valence-corrected chi connectivity index (χ0v) is 15.5. The molecular weight excluding hydrogens is 360 g/mol. The molecule has 0 aliphatic heterocycles. The molecule has 1 aromatic carbocycles. The Morgan fingerprint density at radius 2 is 2.28 bits per heavy atom. The molecule has 25 heavy (non-hydrogen) atoms. The minimum Gasteiger partial charge on any atom is -0.386 e. The molecule has 3 N–H and O–H groups in total. The summed E-state index contributed by atoms with van der Waals surface area (Å²) in [7, 11) is 3.50. The lowest BCUT2D eigenvalue weighted by molar-refractivity contribution is 0.180. The van der Waals surface area contributed by atoms with Crippen molar-refractivity contribution in [1.82, 2.24) is 25.4 Å². The summed E-state index contributed by atoms with van der Waals surface area (Å²) in [5, 5.41) is 22.1. The fraction of sp³-hybridized carbons (Fsp3) is 0.312. The largest absolute Gasteiger partial charge is 0.386 e. The Labute approximate surface area is 154 Å². The van der Waals surface area contributed by atoms with E-state index in [1.165, 1.54) is 0 Å². The van der Waals surface area contributed by atoms with E-state index in [0.29, 0.717) is 24.1 Å². The van der Waals surface area contributed by atoms with Crippen LogP contribution in [0.5, 0.6) is 0 Å². The quantitative estimate of drug-likeness (QED) is 0.467. The van der Waals surface area contributed by atoms with Gasteiger partial charge in [0.15, 0.2) is 5.96 Å². The summed E-state index contributed by atoms with van der Waals surface area (Å²) >= 11 is 7.60. The summed E-state index contributed by atoms with van der Waals surface area (Å²) in [5.41, 5.74) is 1.65. The maximum Gasteiger partial charge on any atom is 0.191 e. The molecule has 3 rings (SSSR count). The van der Waals surface area contributed by atoms with E-state index in [0.717, 1.165) is 20.8 Å². The molecular formula is C16H19ClN6OS. The third-order valence-corrected chi connectivity index (χ3v) is 4.87. The number of aryl methyl sites for hydroxylation is 1. The number of hydrogen-bond acceptors (Lipinski definition) is 5. The third-order valence-electron chi connectivity index (χ3n) is 3.60. The van der Waals surface area contributed by atoms with Crippen molar-refractivity contribution in [2.45, 2.75) is 12.6 Å². The van der Waals surface area contributed by atoms with Crippen molar-refractivity contribution in [2.24, 2.45) is 12.0 Å². The van der Waals surface area contributed by atoms with Gasteiger partial charge in [-0.15, -0.1) is 11.3 Å². The van der Waals surface area contributed by atoms with Gasteiger partial charge in [-0.3, -0.25) is 9.67 Å². The van der Waals surface area contributed by atoms with Gasteiger partial charge in [-0.25, -0.2) is 4.98 Å². The van der Waals surface area contributed by atoms with Crippen LogP contribution in [0.3, 0.4) is 0 Å². The SMILES string of the molecule is CN=C(NCc1nc2cc(Cl)ccc2s1)NCC(O)c1cnn(C)c1. The lowest BCUT2D eigenvalue weighted by Gasteiger charge is -2.13. The minimum absolute atomic E-state index is 0.334. The van der Waals surface area contributed by atoms with Crippen LogP contribution in [0.1, 0.15) is 16.7 Å². The number of aliphatic hydroxyl groups excluding tert-OH is 1. The van der Waals surface area contributed by atoms with Crippen LogP contribution in [-0.4, -0.2) is 39.4 Å². The highest BCUT2D eigenvalue weighted by atomic mass is 35.5. The Morgan fingerprint density at radius 3 is 3.00 bits per heavy atom. The molecule has 0 radical (unpaired) electrons. The van der Waals surface area contributed by atoms with Gasteiger partial charge in [0.1, 0.15) is 5.01 Å². The van der Waals surface area contributed by atoms with E-state index in [2.05, 4.69) is 25.7 Å². The Balaban J connectivity index is 1.55. The smallest absolute Gasteiger partial charge is 0.191 e. The maximum absolute atomic E-state index is 10.2. The number of benzene rings is 1. The number of hydrogen-bond donors (Lipinski definition) is 3. The molecule has 132 valence electrons. The van der Waals surface area contributed by atoms with Gasteiger partial charge < -0.3 is 15.7 Å². The summed E-state index contributed by atoms with van der Waals surface area (Å²) < 4.78 is 2.75. The fourth-order valence-electron chi connectivity index (χ4n) is 2.33. The van der Waals surface area contributed by atoms with Crippen LogP contribution in [0.2, 0.25) is 5.02 Å². The normalized spacial score (nSPS) is 13.2. The lowest BCUT2D eigenvalue weighted by atomic mass is 10.2. The first-order chi connectivity index (χ1) is 12.0. The molecule has 0 aliphatic carbocycles. The summed E-state index contributed by atoms with van der Waals surface area (Å²) in [4.78, 5) is 8.71. The molecule has 1 unspecified atom stereocenters. The second kappa shape index (κ2) is 7.81. The van der Waals surface area contributed by atoms with E-state index in [1.54, 1.807) is 35.5 Å². The predicted molar refractivity (Wildman–Crippen MR) is 101 cm³/mol. The highest BCUT2D eigenvalue weighted by Crippen LogP contribution is 2.24. The second-order valence-electron chi connectivity index (χ2n) is 5.49. The van der Waals surface area contributed by atoms with E-state index in [9.17, 15) is 5.11 Å². The zero-order chi connectivity index (χ0) is 17.8. The summed E-state index contributed by atoms with van der Waals surface area (Å²) in [6, 6.07) is 5.68. The molecule has 2 heterocycles. The van der Waals surface area contributed by atoms with Crippen LogP contribution in [0.4, 0.5) is 0 Å². The van der Waals surface area contributed by atoms with Crippen molar-refractivity contribution < 1.29 is 5.11 Å². The van der Waals surface area contributed by atoms with Crippen LogP contribution in [0.25, 0.3) is 10.2 Å². The Hall–Kier alpha value is -2.16. The number of nitrogens with one attached hydrogen (secondary N) is 2. The van der Waals surface area contributed by atoms with E-state index in [-0.39, 0.29) is 0 Å². The Kier molecular flexibility index (Phi) is 5.52. The third kappa shape index (κ3) is 4.47. The molecule has 0 aliphatic rings. The number of aromatic nitrogens is 3. The second-order valence-corrected chi connectivity index (χ2v) is 7.04. The number of fused-ring (bicyclic) bond motifs is 1. The van der Waals surface area contributed by atoms with Crippen LogP contribution >= 0.6 is 22.9 Å². The average Bonchev–Trinajstić information content (AvgIpc) is 3.20. The summed E-state index contributed by atoms with van der Waals surface area (Å²) in [5.74, 6) is 0.597. The van der Waals surface area contributed by atoms with Crippen LogP contribution in [0, 0.1) is 0 Å². The highest BCUT2D eigenvalue weighted by Gasteiger charge is 2.11. The van der Waals surface area contributed by atoms with Crippen LogP contribution in [0.15, 0.2) is 35.6 Å². The molecule has 7 nitrogen and oxygen atoms in total. The number of halogens is 1. The minimum atomic E-state index is -0.656. The van der Waals surface area contributed by atoms with Gasteiger partial charge in [0.25, 0.3) is 0 Å². The molecule has 2 aromatic heterocycles. The van der Waals surface area contributed by atoms with Gasteiger partial charge in [-0.1, -0.05) is 11.6 Å². The molecule has 0 bridgehead atoms. The molecule has 0 spiro atoms. The number of thiazole rings is 1. The standard InChI is InChI=1S/C16H19ClN6OS/c1-18-16(19-7-13(24)10-6-21-23(2)9-10)20-8-15-22-12-5-11(17)3-4-14(12)25-15/h3-6,9,13,24H,7-8H2,1-2H3,(H2,18,19,20). The number of guanidine groups is 1. The molecule has 3 aromatic rings. The first-order valence-corrected chi connectivity index (χ1v) is 8.90. The van der Waals surface area contributed by atoms with Crippen molar-refractivity contribution in [3.8, 4) is 0 Å². The van der Waals surface area contributed by atoms with Crippen molar-refractivity contribution in [3.63, 3.8) is 0 Å². The van der Waals surface area contributed by atoms with E-state index < -0.39 is 6.10 Å². The van der Waals surface area contributed by atoms with Gasteiger partial charge in [-0.05, 0) is 18.2 Å². The monoisotopic (exact) mass is 378 g/mol. The van der Waals surface area contributed by atoms with Crippen molar-refractivity contribution in [2.75, 3.05) is 13.6 Å². The van der Waals surface area contributed by atoms with Crippen molar-refractivity contribution in [1.29, 1.82) is 0 Å². The molecule has 9 heteroatoms. The number of nitrogens with zero attached hydrogens (tertiary/aromatic N) is 4. The predicted octanol–water partition coefficient (Wildman–Crippen LogP) is 2.08. The lowest BCUT2D eigenvalue weighted by Crippen LogP contribution is -2.38. The van der Waals surface area contributed by atoms with Crippen LogP contribution in [-0.2, 0) is 13.6 Å². The summed E-state index contributed by atoms with van der Waals surface area (Å²) in [6.45, 7) is 0.875. The number of aliphatic imine (C=N–C) groups is 1. The van der Waals surface area contributed by atoms with Crippen LogP contribution < -0.4 is 10.6 Å². The zero-order valence-electron chi connectivity index (χ0n) is 13.9.